The van der Waals surface area contributed by atoms with Gasteiger partial charge in [-0.2, -0.15) is 5.10 Å². The molecular weight excluding hydrogens is 400 g/mol. The second-order valence-corrected chi connectivity index (χ2v) is 8.77. The fraction of sp³-hybridized carbons (Fsp3) is 0.455. The van der Waals surface area contributed by atoms with E-state index in [1.54, 1.807) is 6.92 Å². The number of hydrogen-bond donors (Lipinski definition) is 0. The van der Waals surface area contributed by atoms with Crippen LogP contribution in [0, 0.1) is 5.92 Å². The minimum Gasteiger partial charge on any atom is -0.352 e. The molecule has 30 heavy (non-hydrogen) atoms. The number of piperazine rings is 1. The van der Waals surface area contributed by atoms with Crippen molar-refractivity contribution in [3.63, 3.8) is 0 Å². The summed E-state index contributed by atoms with van der Waals surface area (Å²) in [5.41, 5.74) is 1.79. The minimum atomic E-state index is -0.496. The lowest BCUT2D eigenvalue weighted by Crippen LogP contribution is -2.50. The fourth-order valence-corrected chi connectivity index (χ4v) is 3.92. The van der Waals surface area contributed by atoms with Gasteiger partial charge in [0.25, 0.3) is 0 Å². The standard InChI is InChI=1S/C22H27ClN6O/c1-15(2)13-19-25-20(27-9-11-28(12-10-27)22(30)16(3)23)18-14-24-29(21(18)26-19)17-7-5-4-6-8-17/h4-8,14-16H,9-13H2,1-3H3. The first-order valence-electron chi connectivity index (χ1n) is 10.4. The van der Waals surface area contributed by atoms with E-state index < -0.39 is 5.38 Å². The van der Waals surface area contributed by atoms with Crippen LogP contribution in [0.4, 0.5) is 5.82 Å². The zero-order valence-electron chi connectivity index (χ0n) is 17.6. The van der Waals surface area contributed by atoms with Crippen LogP contribution in [-0.4, -0.2) is 62.1 Å². The Morgan fingerprint density at radius 2 is 1.77 bits per heavy atom. The molecule has 0 saturated carbocycles. The minimum absolute atomic E-state index is 0.0125. The molecule has 2 aromatic heterocycles. The Balaban J connectivity index is 1.71. The molecular formula is C22H27ClN6O. The van der Waals surface area contributed by atoms with E-state index in [1.807, 2.05) is 46.1 Å². The van der Waals surface area contributed by atoms with Crippen molar-refractivity contribution in [3.8, 4) is 5.69 Å². The molecule has 1 saturated heterocycles. The Labute approximate surface area is 181 Å². The summed E-state index contributed by atoms with van der Waals surface area (Å²) in [5.74, 6) is 2.14. The molecule has 1 aliphatic heterocycles. The third-order valence-corrected chi connectivity index (χ3v) is 5.46. The van der Waals surface area contributed by atoms with Crippen LogP contribution in [0.15, 0.2) is 36.5 Å². The first-order chi connectivity index (χ1) is 14.4. The number of benzene rings is 1. The summed E-state index contributed by atoms with van der Waals surface area (Å²) < 4.78 is 1.87. The van der Waals surface area contributed by atoms with Gasteiger partial charge in [-0.1, -0.05) is 32.0 Å². The van der Waals surface area contributed by atoms with E-state index in [1.165, 1.54) is 0 Å². The number of amides is 1. The molecule has 1 fully saturated rings. The molecule has 0 radical (unpaired) electrons. The third-order valence-electron chi connectivity index (χ3n) is 5.28. The van der Waals surface area contributed by atoms with Crippen LogP contribution in [0.3, 0.4) is 0 Å². The maximum absolute atomic E-state index is 12.2. The number of rotatable bonds is 5. The zero-order chi connectivity index (χ0) is 21.3. The smallest absolute Gasteiger partial charge is 0.240 e. The highest BCUT2D eigenvalue weighted by Gasteiger charge is 2.26. The topological polar surface area (TPSA) is 67.2 Å². The molecule has 0 aliphatic carbocycles. The molecule has 1 aromatic carbocycles. The molecule has 0 bridgehead atoms. The number of hydrogen-bond acceptors (Lipinski definition) is 5. The quantitative estimate of drug-likeness (QED) is 0.585. The van der Waals surface area contributed by atoms with Gasteiger partial charge in [-0.3, -0.25) is 4.79 Å². The molecule has 0 spiro atoms. The van der Waals surface area contributed by atoms with Crippen LogP contribution in [0.5, 0.6) is 0 Å². The van der Waals surface area contributed by atoms with Crippen LogP contribution in [-0.2, 0) is 11.2 Å². The molecule has 158 valence electrons. The van der Waals surface area contributed by atoms with E-state index in [-0.39, 0.29) is 5.91 Å². The maximum atomic E-state index is 12.2. The lowest BCUT2D eigenvalue weighted by molar-refractivity contribution is -0.130. The molecule has 0 N–H and O–H groups in total. The molecule has 4 rings (SSSR count). The number of para-hydroxylation sites is 1. The Morgan fingerprint density at radius 3 is 2.40 bits per heavy atom. The van der Waals surface area contributed by atoms with E-state index >= 15 is 0 Å². The number of aromatic nitrogens is 4. The van der Waals surface area contributed by atoms with Gasteiger partial charge in [0, 0.05) is 32.6 Å². The number of halogens is 1. The first kappa shape index (κ1) is 20.6. The number of anilines is 1. The van der Waals surface area contributed by atoms with Crippen LogP contribution < -0.4 is 4.90 Å². The van der Waals surface area contributed by atoms with Gasteiger partial charge in [-0.15, -0.1) is 11.6 Å². The van der Waals surface area contributed by atoms with E-state index in [9.17, 15) is 4.79 Å². The number of alkyl halides is 1. The van der Waals surface area contributed by atoms with Crippen LogP contribution in [0.25, 0.3) is 16.7 Å². The van der Waals surface area contributed by atoms with E-state index in [4.69, 9.17) is 21.6 Å². The molecule has 8 heteroatoms. The molecule has 3 aromatic rings. The Bertz CT molecular complexity index is 1020. The van der Waals surface area contributed by atoms with E-state index in [2.05, 4.69) is 23.8 Å². The van der Waals surface area contributed by atoms with Gasteiger partial charge >= 0.3 is 0 Å². The summed E-state index contributed by atoms with van der Waals surface area (Å²) >= 11 is 5.99. The van der Waals surface area contributed by atoms with Crippen LogP contribution in [0.1, 0.15) is 26.6 Å². The van der Waals surface area contributed by atoms with Crippen molar-refractivity contribution in [2.75, 3.05) is 31.1 Å². The van der Waals surface area contributed by atoms with Crippen molar-refractivity contribution < 1.29 is 4.79 Å². The SMILES string of the molecule is CC(C)Cc1nc(N2CCN(C(=O)C(C)Cl)CC2)c2cnn(-c3ccccc3)c2n1. The average molecular weight is 427 g/mol. The number of carbonyl (C=O) groups excluding carboxylic acids is 1. The van der Waals surface area contributed by atoms with Crippen molar-refractivity contribution in [3.05, 3.63) is 42.4 Å². The maximum Gasteiger partial charge on any atom is 0.240 e. The zero-order valence-corrected chi connectivity index (χ0v) is 18.4. The van der Waals surface area contributed by atoms with Crippen molar-refractivity contribution in [1.29, 1.82) is 0 Å². The lowest BCUT2D eigenvalue weighted by Gasteiger charge is -2.36. The highest BCUT2D eigenvalue weighted by Crippen LogP contribution is 2.27. The number of fused-ring (bicyclic) bond motifs is 1. The highest BCUT2D eigenvalue weighted by molar-refractivity contribution is 6.30. The highest BCUT2D eigenvalue weighted by atomic mass is 35.5. The second kappa shape index (κ2) is 8.60. The summed E-state index contributed by atoms with van der Waals surface area (Å²) in [5, 5.41) is 5.04. The van der Waals surface area contributed by atoms with Crippen molar-refractivity contribution in [2.45, 2.75) is 32.6 Å². The monoisotopic (exact) mass is 426 g/mol. The van der Waals surface area contributed by atoms with Crippen molar-refractivity contribution in [2.24, 2.45) is 5.92 Å². The van der Waals surface area contributed by atoms with Gasteiger partial charge in [0.15, 0.2) is 5.65 Å². The number of nitrogens with zero attached hydrogens (tertiary/aromatic N) is 6. The van der Waals surface area contributed by atoms with Gasteiger partial charge < -0.3 is 9.80 Å². The first-order valence-corrected chi connectivity index (χ1v) is 10.9. The Hall–Kier alpha value is -2.67. The number of carbonyl (C=O) groups is 1. The second-order valence-electron chi connectivity index (χ2n) is 8.12. The van der Waals surface area contributed by atoms with Gasteiger partial charge in [-0.05, 0) is 25.0 Å². The summed E-state index contributed by atoms with van der Waals surface area (Å²) in [6.45, 7) is 8.74. The molecule has 7 nitrogen and oxygen atoms in total. The predicted molar refractivity (Wildman–Crippen MR) is 119 cm³/mol. The molecule has 3 heterocycles. The van der Waals surface area contributed by atoms with Gasteiger partial charge in [-0.25, -0.2) is 14.6 Å². The average Bonchev–Trinajstić information content (AvgIpc) is 3.17. The van der Waals surface area contributed by atoms with E-state index in [0.29, 0.717) is 32.1 Å². The van der Waals surface area contributed by atoms with Crippen molar-refractivity contribution >= 4 is 34.4 Å². The van der Waals surface area contributed by atoms with Gasteiger partial charge in [0.05, 0.1) is 17.3 Å². The summed E-state index contributed by atoms with van der Waals surface area (Å²) in [4.78, 5) is 26.0. The lowest BCUT2D eigenvalue weighted by atomic mass is 10.1. The molecule has 1 unspecified atom stereocenters. The third kappa shape index (κ3) is 4.12. The van der Waals surface area contributed by atoms with E-state index in [0.717, 1.165) is 34.8 Å². The fourth-order valence-electron chi connectivity index (χ4n) is 3.78. The largest absolute Gasteiger partial charge is 0.352 e. The Morgan fingerprint density at radius 1 is 1.07 bits per heavy atom. The predicted octanol–water partition coefficient (Wildman–Crippen LogP) is 3.29. The normalized spacial score (nSPS) is 15.8. The molecule has 1 aliphatic rings. The van der Waals surface area contributed by atoms with Gasteiger partial charge in [0.2, 0.25) is 5.91 Å². The van der Waals surface area contributed by atoms with Crippen LogP contribution in [0.2, 0.25) is 0 Å². The van der Waals surface area contributed by atoms with Crippen molar-refractivity contribution in [1.82, 2.24) is 24.6 Å². The summed E-state index contributed by atoms with van der Waals surface area (Å²) in [7, 11) is 0. The Kier molecular flexibility index (Phi) is 5.90. The summed E-state index contributed by atoms with van der Waals surface area (Å²) in [6.07, 6.45) is 2.64. The molecule has 1 atom stereocenters. The van der Waals surface area contributed by atoms with Crippen LogP contribution >= 0.6 is 11.6 Å². The summed E-state index contributed by atoms with van der Waals surface area (Å²) in [6, 6.07) is 10.0. The van der Waals surface area contributed by atoms with Gasteiger partial charge in [0.1, 0.15) is 17.0 Å². The molecule has 1 amide bonds.